The minimum atomic E-state index is -1.17. The van der Waals surface area contributed by atoms with E-state index in [1.54, 1.807) is 11.8 Å². The SMILES string of the molecule is O=C(O)CN1C(=O)[C@@H]2[C@H]3C[C@@H]([C@H]4Sc5[nH]c(=O)sc5[C@@H](c5c[nH]c6ccccc56)[C@@H]34)[C@H]2C1=O. The zero-order chi connectivity index (χ0) is 22.6. The number of aliphatic carboxylic acids is 1. The average molecular weight is 482 g/mol. The molecule has 0 unspecified atom stereocenters. The Morgan fingerprint density at radius 1 is 1.12 bits per heavy atom. The summed E-state index contributed by atoms with van der Waals surface area (Å²) in [4.78, 5) is 58.2. The number of hydrogen-bond acceptors (Lipinski definition) is 6. The van der Waals surface area contributed by atoms with Gasteiger partial charge in [0.25, 0.3) is 0 Å². The van der Waals surface area contributed by atoms with Crippen LogP contribution >= 0.6 is 23.1 Å². The molecule has 2 saturated carbocycles. The predicted molar refractivity (Wildman–Crippen MR) is 121 cm³/mol. The third kappa shape index (κ3) is 2.48. The maximum atomic E-state index is 13.2. The van der Waals surface area contributed by atoms with Crippen LogP contribution in [0.4, 0.5) is 0 Å². The number of carbonyl (C=O) groups excluding carboxylic acids is 2. The van der Waals surface area contributed by atoms with Crippen LogP contribution in [0.5, 0.6) is 0 Å². The van der Waals surface area contributed by atoms with Crippen LogP contribution in [-0.2, 0) is 14.4 Å². The van der Waals surface area contributed by atoms with Crippen LogP contribution < -0.4 is 4.87 Å². The molecule has 0 spiro atoms. The van der Waals surface area contributed by atoms with Crippen molar-refractivity contribution < 1.29 is 19.5 Å². The summed E-state index contributed by atoms with van der Waals surface area (Å²) in [5.41, 5.74) is 2.13. The third-order valence-corrected chi connectivity index (χ3v) is 10.7. The van der Waals surface area contributed by atoms with E-state index in [0.717, 1.165) is 37.7 Å². The number of nitrogens with zero attached hydrogens (tertiary/aromatic N) is 1. The van der Waals surface area contributed by atoms with Crippen LogP contribution in [0.25, 0.3) is 10.9 Å². The van der Waals surface area contributed by atoms with Crippen molar-refractivity contribution >= 4 is 51.8 Å². The van der Waals surface area contributed by atoms with Gasteiger partial charge >= 0.3 is 10.8 Å². The number of carboxylic acids is 1. The first kappa shape index (κ1) is 19.6. The summed E-state index contributed by atoms with van der Waals surface area (Å²) in [5.74, 6) is -2.75. The normalized spacial score (nSPS) is 34.1. The number of imide groups is 1. The fourth-order valence-corrected chi connectivity index (χ4v) is 9.95. The monoisotopic (exact) mass is 481 g/mol. The van der Waals surface area contributed by atoms with Gasteiger partial charge in [0, 0.05) is 33.1 Å². The summed E-state index contributed by atoms with van der Waals surface area (Å²) < 4.78 is 0. The van der Waals surface area contributed by atoms with E-state index in [-0.39, 0.29) is 45.6 Å². The molecule has 7 rings (SSSR count). The van der Waals surface area contributed by atoms with Crippen molar-refractivity contribution in [1.29, 1.82) is 0 Å². The van der Waals surface area contributed by atoms with E-state index in [0.29, 0.717) is 0 Å². The number of benzene rings is 1. The first-order valence-electron chi connectivity index (χ1n) is 11.0. The van der Waals surface area contributed by atoms with Gasteiger partial charge in [0.15, 0.2) is 0 Å². The maximum absolute atomic E-state index is 13.2. The smallest absolute Gasteiger partial charge is 0.323 e. The fraction of sp³-hybridized carbons (Fsp3) is 0.391. The number of amides is 2. The first-order chi connectivity index (χ1) is 15.9. The Hall–Kier alpha value is -2.85. The highest BCUT2D eigenvalue weighted by Crippen LogP contribution is 2.68. The maximum Gasteiger partial charge on any atom is 0.323 e. The molecule has 4 aliphatic rings. The van der Waals surface area contributed by atoms with Crippen molar-refractivity contribution in [3.63, 3.8) is 0 Å². The number of thioether (sulfide) groups is 1. The number of H-pyrrole nitrogens is 2. The zero-order valence-corrected chi connectivity index (χ0v) is 18.8. The molecule has 10 heteroatoms. The Kier molecular flexibility index (Phi) is 3.92. The Morgan fingerprint density at radius 2 is 1.88 bits per heavy atom. The van der Waals surface area contributed by atoms with E-state index in [1.807, 2.05) is 24.4 Å². The van der Waals surface area contributed by atoms with Crippen molar-refractivity contribution in [2.45, 2.75) is 22.6 Å². The van der Waals surface area contributed by atoms with Gasteiger partial charge in [0.1, 0.15) is 6.54 Å². The van der Waals surface area contributed by atoms with Crippen LogP contribution in [0.2, 0.25) is 0 Å². The standard InChI is InChI=1S/C23H19N3O5S2/c27-13(28)7-26-21(29)16-9-5-10(17(16)22(26)30)18-14(9)15(19-20(32-18)25-23(31)33-19)11-6-24-12-4-2-1-3-8(11)12/h1-4,6,9-10,14-18,24H,5,7H2,(H,25,31)(H,27,28)/t9-,10+,14+,15-,16+,17+,18+/m0/s1. The quantitative estimate of drug-likeness (QED) is 0.494. The van der Waals surface area contributed by atoms with Gasteiger partial charge < -0.3 is 15.1 Å². The van der Waals surface area contributed by atoms with Crippen molar-refractivity contribution in [1.82, 2.24) is 14.9 Å². The van der Waals surface area contributed by atoms with Crippen molar-refractivity contribution in [3.8, 4) is 0 Å². The number of hydrogen-bond donors (Lipinski definition) is 3. The molecule has 33 heavy (non-hydrogen) atoms. The lowest BCUT2D eigenvalue weighted by atomic mass is 9.68. The highest BCUT2D eigenvalue weighted by molar-refractivity contribution is 8.00. The van der Waals surface area contributed by atoms with E-state index in [9.17, 15) is 24.3 Å². The van der Waals surface area contributed by atoms with Crippen LogP contribution in [0.1, 0.15) is 22.8 Å². The second kappa shape index (κ2) is 6.60. The minimum absolute atomic E-state index is 0.00509. The second-order valence-corrected chi connectivity index (χ2v) is 11.6. The average Bonchev–Trinajstić information content (AvgIpc) is 3.57. The number of nitrogens with one attached hydrogen (secondary N) is 2. The molecule has 2 aliphatic carbocycles. The Labute approximate surface area is 195 Å². The molecule has 3 N–H and O–H groups in total. The van der Waals surface area contributed by atoms with Gasteiger partial charge in [0.2, 0.25) is 11.8 Å². The number of carboxylic acid groups (broad SMARTS) is 1. The lowest BCUT2D eigenvalue weighted by molar-refractivity contribution is -0.149. The molecule has 8 nitrogen and oxygen atoms in total. The highest BCUT2D eigenvalue weighted by atomic mass is 32.2. The van der Waals surface area contributed by atoms with Gasteiger partial charge in [-0.1, -0.05) is 29.5 Å². The van der Waals surface area contributed by atoms with Gasteiger partial charge in [-0.2, -0.15) is 0 Å². The summed E-state index contributed by atoms with van der Waals surface area (Å²) in [6.45, 7) is -0.570. The molecule has 0 radical (unpaired) electrons. The molecule has 2 amide bonds. The number of likely N-dealkylation sites (tertiary alicyclic amines) is 1. The molecule has 1 saturated heterocycles. The number of fused-ring (bicyclic) bond motifs is 10. The Balaban J connectivity index is 1.38. The predicted octanol–water partition coefficient (Wildman–Crippen LogP) is 2.48. The van der Waals surface area contributed by atoms with E-state index in [2.05, 4.69) is 16.0 Å². The number of para-hydroxylation sites is 1. The number of thiazole rings is 1. The molecule has 3 aromatic rings. The van der Waals surface area contributed by atoms with Crippen LogP contribution in [0, 0.1) is 29.6 Å². The number of rotatable bonds is 3. The molecular weight excluding hydrogens is 462 g/mol. The van der Waals surface area contributed by atoms with Gasteiger partial charge in [-0.15, -0.1) is 11.8 Å². The topological polar surface area (TPSA) is 123 Å². The molecule has 1 aromatic carbocycles. The van der Waals surface area contributed by atoms with Gasteiger partial charge in [-0.3, -0.25) is 24.1 Å². The van der Waals surface area contributed by atoms with Crippen LogP contribution in [0.3, 0.4) is 0 Å². The Morgan fingerprint density at radius 3 is 2.67 bits per heavy atom. The number of aromatic nitrogens is 2. The highest BCUT2D eigenvalue weighted by Gasteiger charge is 2.69. The molecule has 4 heterocycles. The third-order valence-electron chi connectivity index (χ3n) is 8.06. The zero-order valence-electron chi connectivity index (χ0n) is 17.2. The van der Waals surface area contributed by atoms with Gasteiger partial charge in [-0.25, -0.2) is 0 Å². The second-order valence-electron chi connectivity index (χ2n) is 9.41. The Bertz CT molecular complexity index is 1420. The number of carbonyl (C=O) groups is 3. The summed E-state index contributed by atoms with van der Waals surface area (Å²) in [5, 5.41) is 11.3. The van der Waals surface area contributed by atoms with E-state index in [1.165, 1.54) is 11.3 Å². The van der Waals surface area contributed by atoms with Crippen molar-refractivity contribution in [2.24, 2.45) is 29.6 Å². The van der Waals surface area contributed by atoms with Crippen molar-refractivity contribution in [3.05, 3.63) is 50.6 Å². The molecular formula is C23H19N3O5S2. The lowest BCUT2D eigenvalue weighted by Crippen LogP contribution is -2.42. The minimum Gasteiger partial charge on any atom is -0.480 e. The lowest BCUT2D eigenvalue weighted by Gasteiger charge is -2.42. The first-order valence-corrected chi connectivity index (χ1v) is 12.7. The van der Waals surface area contributed by atoms with E-state index < -0.39 is 24.3 Å². The largest absolute Gasteiger partial charge is 0.480 e. The number of aromatic amines is 2. The summed E-state index contributed by atoms with van der Waals surface area (Å²) >= 11 is 2.86. The summed E-state index contributed by atoms with van der Waals surface area (Å²) in [7, 11) is 0. The van der Waals surface area contributed by atoms with Gasteiger partial charge in [-0.05, 0) is 35.8 Å². The van der Waals surface area contributed by atoms with Crippen molar-refractivity contribution in [2.75, 3.05) is 6.54 Å². The molecule has 7 atom stereocenters. The summed E-state index contributed by atoms with van der Waals surface area (Å²) in [6, 6.07) is 8.06. The molecule has 168 valence electrons. The van der Waals surface area contributed by atoms with E-state index >= 15 is 0 Å². The van der Waals surface area contributed by atoms with E-state index in [4.69, 9.17) is 0 Å². The summed E-state index contributed by atoms with van der Waals surface area (Å²) in [6.07, 6.45) is 2.80. The molecule has 2 aromatic heterocycles. The molecule has 2 bridgehead atoms. The van der Waals surface area contributed by atoms with Crippen LogP contribution in [0.15, 0.2) is 40.3 Å². The molecule has 3 fully saturated rings. The molecule has 2 aliphatic heterocycles. The fourth-order valence-electron chi connectivity index (χ4n) is 7.07. The van der Waals surface area contributed by atoms with Gasteiger partial charge in [0.05, 0.1) is 16.9 Å². The van der Waals surface area contributed by atoms with Crippen LogP contribution in [-0.4, -0.2) is 49.6 Å².